The second kappa shape index (κ2) is 5.02. The molecule has 0 bridgehead atoms. The maximum atomic E-state index is 12.8. The van der Waals surface area contributed by atoms with E-state index in [0.717, 1.165) is 35.9 Å². The van der Waals surface area contributed by atoms with E-state index in [1.807, 2.05) is 54.7 Å². The molecule has 0 aliphatic carbocycles. The van der Waals surface area contributed by atoms with Gasteiger partial charge < -0.3 is 9.32 Å². The van der Waals surface area contributed by atoms with Gasteiger partial charge in [-0.05, 0) is 25.0 Å². The van der Waals surface area contributed by atoms with Crippen LogP contribution >= 0.6 is 0 Å². The quantitative estimate of drug-likeness (QED) is 0.730. The number of rotatable bonds is 2. The van der Waals surface area contributed by atoms with E-state index in [0.29, 0.717) is 5.76 Å². The van der Waals surface area contributed by atoms with Crippen LogP contribution in [-0.2, 0) is 7.05 Å². The molecular formula is C17H17N3O2. The van der Waals surface area contributed by atoms with Gasteiger partial charge in [0.25, 0.3) is 5.91 Å². The summed E-state index contributed by atoms with van der Waals surface area (Å²) in [6, 6.07) is 9.62. The van der Waals surface area contributed by atoms with Crippen LogP contribution in [0.3, 0.4) is 0 Å². The zero-order valence-electron chi connectivity index (χ0n) is 12.4. The molecule has 4 rings (SSSR count). The third kappa shape index (κ3) is 2.09. The van der Waals surface area contributed by atoms with E-state index < -0.39 is 0 Å². The summed E-state index contributed by atoms with van der Waals surface area (Å²) in [6.07, 6.45) is 5.80. The standard InChI is InChI=1S/C17H17N3O2/c1-19-11-13(10-18-19)14-6-4-8-20(14)17(21)16-9-12-5-2-3-7-15(12)22-16/h2-3,5,7,9-11,14H,4,6,8H2,1H3/t14-/m0/s1. The van der Waals surface area contributed by atoms with Gasteiger partial charge in [-0.25, -0.2) is 0 Å². The van der Waals surface area contributed by atoms with Gasteiger partial charge in [0.2, 0.25) is 0 Å². The molecule has 3 aromatic rings. The molecule has 5 heteroatoms. The van der Waals surface area contributed by atoms with Crippen LogP contribution in [-0.4, -0.2) is 27.1 Å². The third-order valence-electron chi connectivity index (χ3n) is 4.26. The van der Waals surface area contributed by atoms with Gasteiger partial charge >= 0.3 is 0 Å². The highest BCUT2D eigenvalue weighted by atomic mass is 16.3. The van der Waals surface area contributed by atoms with Gasteiger partial charge in [-0.1, -0.05) is 18.2 Å². The average Bonchev–Trinajstić information content (AvgIpc) is 3.24. The normalized spacial score (nSPS) is 18.2. The van der Waals surface area contributed by atoms with Crippen molar-refractivity contribution in [3.8, 4) is 0 Å². The van der Waals surface area contributed by atoms with Crippen LogP contribution in [0.1, 0.15) is 35.0 Å². The molecule has 1 saturated heterocycles. The fourth-order valence-corrected chi connectivity index (χ4v) is 3.20. The van der Waals surface area contributed by atoms with Gasteiger partial charge in [0.1, 0.15) is 5.58 Å². The number of aryl methyl sites for hydroxylation is 1. The molecule has 1 atom stereocenters. The van der Waals surface area contributed by atoms with E-state index >= 15 is 0 Å². The molecule has 0 saturated carbocycles. The Morgan fingerprint density at radius 3 is 3.00 bits per heavy atom. The number of furan rings is 1. The van der Waals surface area contributed by atoms with Crippen molar-refractivity contribution < 1.29 is 9.21 Å². The largest absolute Gasteiger partial charge is 0.451 e. The summed E-state index contributed by atoms with van der Waals surface area (Å²) >= 11 is 0. The summed E-state index contributed by atoms with van der Waals surface area (Å²) in [5, 5.41) is 5.18. The van der Waals surface area contributed by atoms with E-state index in [1.54, 1.807) is 4.68 Å². The molecule has 0 N–H and O–H groups in total. The molecule has 1 fully saturated rings. The number of fused-ring (bicyclic) bond motifs is 1. The number of carbonyl (C=O) groups is 1. The summed E-state index contributed by atoms with van der Waals surface area (Å²) in [7, 11) is 1.89. The summed E-state index contributed by atoms with van der Waals surface area (Å²) in [6.45, 7) is 0.759. The molecule has 112 valence electrons. The molecular weight excluding hydrogens is 278 g/mol. The van der Waals surface area contributed by atoms with Crippen LogP contribution < -0.4 is 0 Å². The Morgan fingerprint density at radius 2 is 2.23 bits per heavy atom. The Morgan fingerprint density at radius 1 is 1.36 bits per heavy atom. The first-order chi connectivity index (χ1) is 10.7. The Balaban J connectivity index is 1.66. The predicted octanol–water partition coefficient (Wildman–Crippen LogP) is 3.14. The average molecular weight is 295 g/mol. The van der Waals surface area contributed by atoms with E-state index in [1.165, 1.54) is 0 Å². The fraction of sp³-hybridized carbons (Fsp3) is 0.294. The lowest BCUT2D eigenvalue weighted by Crippen LogP contribution is -2.30. The smallest absolute Gasteiger partial charge is 0.290 e. The monoisotopic (exact) mass is 295 g/mol. The first-order valence-corrected chi connectivity index (χ1v) is 7.50. The fourth-order valence-electron chi connectivity index (χ4n) is 3.20. The lowest BCUT2D eigenvalue weighted by Gasteiger charge is -2.22. The SMILES string of the molecule is Cn1cc([C@@H]2CCCN2C(=O)c2cc3ccccc3o2)cn1. The summed E-state index contributed by atoms with van der Waals surface area (Å²) in [5.74, 6) is 0.375. The number of carbonyl (C=O) groups excluding carboxylic acids is 1. The zero-order valence-corrected chi connectivity index (χ0v) is 12.4. The Bertz CT molecular complexity index is 800. The molecule has 5 nitrogen and oxygen atoms in total. The van der Waals surface area contributed by atoms with E-state index in [9.17, 15) is 4.79 Å². The summed E-state index contributed by atoms with van der Waals surface area (Å²) in [5.41, 5.74) is 1.84. The van der Waals surface area contributed by atoms with Gasteiger partial charge in [0, 0.05) is 30.7 Å². The number of nitrogens with zero attached hydrogens (tertiary/aromatic N) is 3. The molecule has 22 heavy (non-hydrogen) atoms. The minimum absolute atomic E-state index is 0.0393. The molecule has 1 aliphatic rings. The molecule has 0 unspecified atom stereocenters. The maximum absolute atomic E-state index is 12.8. The van der Waals surface area contributed by atoms with Crippen LogP contribution in [0, 0.1) is 0 Å². The predicted molar refractivity (Wildman–Crippen MR) is 82.4 cm³/mol. The second-order valence-electron chi connectivity index (χ2n) is 5.75. The summed E-state index contributed by atoms with van der Waals surface area (Å²) in [4.78, 5) is 14.7. The maximum Gasteiger partial charge on any atom is 0.290 e. The Labute approximate surface area is 128 Å². The zero-order chi connectivity index (χ0) is 15.1. The lowest BCUT2D eigenvalue weighted by atomic mass is 10.1. The first-order valence-electron chi connectivity index (χ1n) is 7.50. The van der Waals surface area contributed by atoms with Gasteiger partial charge in [-0.15, -0.1) is 0 Å². The van der Waals surface area contributed by atoms with Gasteiger partial charge in [-0.3, -0.25) is 9.48 Å². The molecule has 0 radical (unpaired) electrons. The molecule has 1 aromatic carbocycles. The first kappa shape index (κ1) is 13.1. The van der Waals surface area contributed by atoms with Gasteiger partial charge in [0.05, 0.1) is 12.2 Å². The molecule has 0 spiro atoms. The number of para-hydroxylation sites is 1. The van der Waals surface area contributed by atoms with E-state index in [2.05, 4.69) is 5.10 Å². The van der Waals surface area contributed by atoms with Crippen molar-refractivity contribution in [2.75, 3.05) is 6.54 Å². The Kier molecular flexibility index (Phi) is 2.99. The molecule has 2 aromatic heterocycles. The van der Waals surface area contributed by atoms with Crippen molar-refractivity contribution in [1.82, 2.24) is 14.7 Å². The Hall–Kier alpha value is -2.56. The minimum Gasteiger partial charge on any atom is -0.451 e. The highest BCUT2D eigenvalue weighted by Crippen LogP contribution is 2.33. The van der Waals surface area contributed by atoms with Crippen LogP contribution in [0.5, 0.6) is 0 Å². The summed E-state index contributed by atoms with van der Waals surface area (Å²) < 4.78 is 7.49. The van der Waals surface area contributed by atoms with Crippen LogP contribution in [0.25, 0.3) is 11.0 Å². The van der Waals surface area contributed by atoms with Crippen molar-refractivity contribution in [2.45, 2.75) is 18.9 Å². The van der Waals surface area contributed by atoms with Crippen molar-refractivity contribution >= 4 is 16.9 Å². The number of hydrogen-bond acceptors (Lipinski definition) is 3. The number of amides is 1. The van der Waals surface area contributed by atoms with Crippen molar-refractivity contribution in [1.29, 1.82) is 0 Å². The van der Waals surface area contributed by atoms with Crippen LogP contribution in [0.2, 0.25) is 0 Å². The van der Waals surface area contributed by atoms with Crippen molar-refractivity contribution in [2.24, 2.45) is 7.05 Å². The lowest BCUT2D eigenvalue weighted by molar-refractivity contribution is 0.0705. The number of hydrogen-bond donors (Lipinski definition) is 0. The third-order valence-corrected chi connectivity index (χ3v) is 4.26. The van der Waals surface area contributed by atoms with Gasteiger partial charge in [-0.2, -0.15) is 5.10 Å². The van der Waals surface area contributed by atoms with Gasteiger partial charge in [0.15, 0.2) is 5.76 Å². The molecule has 1 aliphatic heterocycles. The van der Waals surface area contributed by atoms with Crippen LogP contribution in [0.15, 0.2) is 47.1 Å². The highest BCUT2D eigenvalue weighted by molar-refractivity contribution is 5.96. The molecule has 1 amide bonds. The number of benzene rings is 1. The topological polar surface area (TPSA) is 51.3 Å². The van der Waals surface area contributed by atoms with Crippen molar-refractivity contribution in [3.63, 3.8) is 0 Å². The van der Waals surface area contributed by atoms with Crippen molar-refractivity contribution in [3.05, 3.63) is 54.0 Å². The van der Waals surface area contributed by atoms with E-state index in [4.69, 9.17) is 4.42 Å². The highest BCUT2D eigenvalue weighted by Gasteiger charge is 2.32. The van der Waals surface area contributed by atoms with Crippen LogP contribution in [0.4, 0.5) is 0 Å². The molecule has 3 heterocycles. The minimum atomic E-state index is -0.0393. The van der Waals surface area contributed by atoms with E-state index in [-0.39, 0.29) is 11.9 Å². The number of likely N-dealkylation sites (tertiary alicyclic amines) is 1. The second-order valence-corrected chi connectivity index (χ2v) is 5.75. The number of aromatic nitrogens is 2.